The Bertz CT molecular complexity index is 587. The summed E-state index contributed by atoms with van der Waals surface area (Å²) in [5.74, 6) is 0.458. The molecule has 0 atom stereocenters. The van der Waals surface area contributed by atoms with E-state index < -0.39 is 0 Å². The highest BCUT2D eigenvalue weighted by atomic mass is 16.2. The van der Waals surface area contributed by atoms with Crippen LogP contribution in [0.1, 0.15) is 27.2 Å². The Morgan fingerprint density at radius 1 is 1.32 bits per heavy atom. The Labute approximate surface area is 130 Å². The van der Waals surface area contributed by atoms with Gasteiger partial charge >= 0.3 is 6.03 Å². The zero-order valence-corrected chi connectivity index (χ0v) is 13.8. The third-order valence-electron chi connectivity index (χ3n) is 3.98. The van der Waals surface area contributed by atoms with Gasteiger partial charge in [0.15, 0.2) is 5.82 Å². The summed E-state index contributed by atoms with van der Waals surface area (Å²) in [6, 6.07) is 3.29. The van der Waals surface area contributed by atoms with E-state index >= 15 is 0 Å². The monoisotopic (exact) mass is 305 g/mol. The number of urea groups is 1. The first-order valence-corrected chi connectivity index (χ1v) is 7.31. The molecular weight excluding hydrogens is 282 g/mol. The van der Waals surface area contributed by atoms with E-state index in [4.69, 9.17) is 0 Å². The highest BCUT2D eigenvalue weighted by molar-refractivity contribution is 6.02. The van der Waals surface area contributed by atoms with Crippen molar-refractivity contribution in [2.45, 2.75) is 32.7 Å². The molecule has 2 rings (SSSR count). The van der Waals surface area contributed by atoms with Gasteiger partial charge in [-0.05, 0) is 32.4 Å². The molecule has 0 radical (unpaired) electrons. The van der Waals surface area contributed by atoms with Crippen molar-refractivity contribution in [1.82, 2.24) is 15.3 Å². The normalized spacial score (nSPS) is 15.0. The first kappa shape index (κ1) is 16.1. The van der Waals surface area contributed by atoms with Crippen molar-refractivity contribution in [3.8, 4) is 0 Å². The number of aromatic nitrogens is 1. The van der Waals surface area contributed by atoms with Gasteiger partial charge in [-0.1, -0.05) is 6.92 Å². The molecule has 2 heterocycles. The number of rotatable bonds is 4. The Hall–Kier alpha value is -2.31. The molecule has 0 saturated heterocycles. The smallest absolute Gasteiger partial charge is 0.343 e. The van der Waals surface area contributed by atoms with E-state index in [1.807, 2.05) is 20.8 Å². The van der Waals surface area contributed by atoms with Crippen LogP contribution in [0, 0.1) is 0 Å². The zero-order valence-electron chi connectivity index (χ0n) is 13.8. The molecule has 0 bridgehead atoms. The topological polar surface area (TPSA) is 68.8 Å². The third kappa shape index (κ3) is 2.98. The minimum atomic E-state index is -0.295. The van der Waals surface area contributed by atoms with Crippen LogP contribution in [0.5, 0.6) is 0 Å². The van der Waals surface area contributed by atoms with Gasteiger partial charge in [-0.15, -0.1) is 0 Å². The van der Waals surface area contributed by atoms with Gasteiger partial charge in [0.05, 0.1) is 5.69 Å². The van der Waals surface area contributed by atoms with Crippen LogP contribution in [0.3, 0.4) is 0 Å². The largest absolute Gasteiger partial charge is 0.350 e. The number of nitrogens with one attached hydrogen (secondary N) is 1. The summed E-state index contributed by atoms with van der Waals surface area (Å²) in [5, 5.41) is 6.05. The van der Waals surface area contributed by atoms with Crippen molar-refractivity contribution in [2.24, 2.45) is 0 Å². The van der Waals surface area contributed by atoms with Gasteiger partial charge in [0.1, 0.15) is 6.54 Å². The summed E-state index contributed by atoms with van der Waals surface area (Å²) >= 11 is 0. The minimum Gasteiger partial charge on any atom is -0.350 e. The van der Waals surface area contributed by atoms with Gasteiger partial charge in [0.25, 0.3) is 0 Å². The molecular formula is C15H23N5O2. The Balaban J connectivity index is 2.25. The number of carbonyl (C=O) groups is 2. The van der Waals surface area contributed by atoms with E-state index in [0.29, 0.717) is 11.5 Å². The van der Waals surface area contributed by atoms with Gasteiger partial charge in [-0.25, -0.2) is 14.8 Å². The second-order valence-electron chi connectivity index (χ2n) is 6.05. The average Bonchev–Trinajstić information content (AvgIpc) is 2.49. The number of anilines is 2. The van der Waals surface area contributed by atoms with Crippen molar-refractivity contribution in [3.05, 3.63) is 18.3 Å². The molecule has 0 fully saturated rings. The predicted molar refractivity (Wildman–Crippen MR) is 85.7 cm³/mol. The second-order valence-corrected chi connectivity index (χ2v) is 6.05. The summed E-state index contributed by atoms with van der Waals surface area (Å²) < 4.78 is 0. The molecule has 0 saturated carbocycles. The Morgan fingerprint density at radius 2 is 2.00 bits per heavy atom. The molecule has 1 aliphatic heterocycles. The summed E-state index contributed by atoms with van der Waals surface area (Å²) in [4.78, 5) is 30.5. The molecule has 3 amide bonds. The van der Waals surface area contributed by atoms with Crippen LogP contribution >= 0.6 is 0 Å². The molecule has 22 heavy (non-hydrogen) atoms. The lowest BCUT2D eigenvalue weighted by Gasteiger charge is -2.40. The summed E-state index contributed by atoms with van der Waals surface area (Å²) in [6.45, 7) is 5.89. The summed E-state index contributed by atoms with van der Waals surface area (Å²) in [6.07, 6.45) is 2.48. The first-order valence-electron chi connectivity index (χ1n) is 7.31. The molecule has 0 unspecified atom stereocenters. The zero-order chi connectivity index (χ0) is 16.5. The summed E-state index contributed by atoms with van der Waals surface area (Å²) in [5.41, 5.74) is 0.341. The number of hydrogen-bond acceptors (Lipinski definition) is 4. The Kier molecular flexibility index (Phi) is 4.25. The predicted octanol–water partition coefficient (Wildman–Crippen LogP) is 1.61. The number of pyridine rings is 1. The van der Waals surface area contributed by atoms with Crippen molar-refractivity contribution >= 4 is 23.4 Å². The van der Waals surface area contributed by atoms with Crippen LogP contribution < -0.4 is 15.2 Å². The van der Waals surface area contributed by atoms with Gasteiger partial charge < -0.3 is 5.32 Å². The number of carbonyl (C=O) groups excluding carboxylic acids is 2. The molecule has 120 valence electrons. The summed E-state index contributed by atoms with van der Waals surface area (Å²) in [7, 11) is 3.42. The van der Waals surface area contributed by atoms with Crippen molar-refractivity contribution in [3.63, 3.8) is 0 Å². The Morgan fingerprint density at radius 3 is 2.64 bits per heavy atom. The fourth-order valence-corrected chi connectivity index (χ4v) is 2.20. The minimum absolute atomic E-state index is 0.0286. The number of hydrogen-bond donors (Lipinski definition) is 1. The fraction of sp³-hybridized carbons (Fsp3) is 0.533. The maximum atomic E-state index is 12.5. The quantitative estimate of drug-likeness (QED) is 0.917. The second kappa shape index (κ2) is 5.82. The third-order valence-corrected chi connectivity index (χ3v) is 3.98. The fourth-order valence-electron chi connectivity index (χ4n) is 2.20. The van der Waals surface area contributed by atoms with Crippen LogP contribution in [0.25, 0.3) is 0 Å². The molecule has 0 spiro atoms. The molecule has 7 heteroatoms. The highest BCUT2D eigenvalue weighted by Gasteiger charge is 2.34. The van der Waals surface area contributed by atoms with Crippen molar-refractivity contribution in [2.75, 3.05) is 30.5 Å². The molecule has 1 N–H and O–H groups in total. The lowest BCUT2D eigenvalue weighted by atomic mass is 10.0. The molecule has 0 aliphatic carbocycles. The van der Waals surface area contributed by atoms with Gasteiger partial charge in [0, 0.05) is 25.8 Å². The van der Waals surface area contributed by atoms with Crippen LogP contribution in [0.2, 0.25) is 0 Å². The van der Waals surface area contributed by atoms with Crippen LogP contribution in [-0.2, 0) is 4.79 Å². The highest BCUT2D eigenvalue weighted by Crippen LogP contribution is 2.31. The van der Waals surface area contributed by atoms with Crippen LogP contribution in [0.4, 0.5) is 16.3 Å². The van der Waals surface area contributed by atoms with E-state index in [-0.39, 0.29) is 24.0 Å². The SMILES string of the molecule is CCC(C)(C)NC(=O)CN1C(=O)N(C)N(C)c2ncccc21. The van der Waals surface area contributed by atoms with Crippen LogP contribution in [0.15, 0.2) is 18.3 Å². The van der Waals surface area contributed by atoms with E-state index in [0.717, 1.165) is 6.42 Å². The molecule has 1 aliphatic rings. The molecule has 7 nitrogen and oxygen atoms in total. The maximum Gasteiger partial charge on any atom is 0.343 e. The van der Waals surface area contributed by atoms with Crippen molar-refractivity contribution in [1.29, 1.82) is 0 Å². The van der Waals surface area contributed by atoms with Gasteiger partial charge in [-0.3, -0.25) is 14.7 Å². The van der Waals surface area contributed by atoms with Gasteiger partial charge in [0.2, 0.25) is 5.91 Å². The number of fused-ring (bicyclic) bond motifs is 1. The maximum absolute atomic E-state index is 12.5. The molecule has 0 aromatic carbocycles. The molecule has 1 aromatic rings. The van der Waals surface area contributed by atoms with Crippen LogP contribution in [-0.4, -0.2) is 48.1 Å². The number of hydrazine groups is 1. The van der Waals surface area contributed by atoms with Gasteiger partial charge in [-0.2, -0.15) is 0 Å². The lowest BCUT2D eigenvalue weighted by Crippen LogP contribution is -2.57. The van der Waals surface area contributed by atoms with E-state index in [2.05, 4.69) is 10.3 Å². The van der Waals surface area contributed by atoms with E-state index in [1.54, 1.807) is 37.4 Å². The standard InChI is InChI=1S/C15H23N5O2/c1-6-15(2,3)17-12(21)10-20-11-8-7-9-16-13(11)18(4)19(5)14(20)22/h7-9H,6,10H2,1-5H3,(H,17,21). The first-order chi connectivity index (χ1) is 10.3. The van der Waals surface area contributed by atoms with E-state index in [1.165, 1.54) is 9.91 Å². The lowest BCUT2D eigenvalue weighted by molar-refractivity contribution is -0.121. The number of nitrogens with zero attached hydrogens (tertiary/aromatic N) is 4. The van der Waals surface area contributed by atoms with E-state index in [9.17, 15) is 9.59 Å². The molecule has 1 aromatic heterocycles. The van der Waals surface area contributed by atoms with Crippen molar-refractivity contribution < 1.29 is 9.59 Å². The average molecular weight is 305 g/mol. The number of amides is 3.